The summed E-state index contributed by atoms with van der Waals surface area (Å²) >= 11 is 6.27. The van der Waals surface area contributed by atoms with E-state index in [1.807, 2.05) is 24.3 Å². The fourth-order valence-electron chi connectivity index (χ4n) is 4.05. The first kappa shape index (κ1) is 15.3. The van der Waals surface area contributed by atoms with E-state index in [4.69, 9.17) is 16.3 Å². The lowest BCUT2D eigenvalue weighted by Gasteiger charge is -2.33. The Balaban J connectivity index is 1.64. The highest BCUT2D eigenvalue weighted by atomic mass is 35.5. The molecule has 0 aromatic heterocycles. The third-order valence-corrected chi connectivity index (χ3v) is 5.56. The molecule has 2 fully saturated rings. The van der Waals surface area contributed by atoms with E-state index in [2.05, 4.69) is 0 Å². The number of halogens is 1. The first-order chi connectivity index (χ1) is 10.2. The van der Waals surface area contributed by atoms with Gasteiger partial charge in [0.25, 0.3) is 0 Å². The monoisotopic (exact) mass is 308 g/mol. The zero-order chi connectivity index (χ0) is 14.7. The summed E-state index contributed by atoms with van der Waals surface area (Å²) < 4.78 is 6.43. The summed E-state index contributed by atoms with van der Waals surface area (Å²) in [5, 5.41) is 10.5. The third-order valence-electron chi connectivity index (χ3n) is 5.22. The molecule has 3 heteroatoms. The van der Waals surface area contributed by atoms with Crippen LogP contribution in [0.2, 0.25) is 5.02 Å². The summed E-state index contributed by atoms with van der Waals surface area (Å²) in [4.78, 5) is 0. The van der Waals surface area contributed by atoms with Crippen molar-refractivity contribution in [2.45, 2.75) is 69.0 Å². The second-order valence-electron chi connectivity index (χ2n) is 6.66. The molecular formula is C18H25ClO2. The average molecular weight is 309 g/mol. The molecule has 2 atom stereocenters. The van der Waals surface area contributed by atoms with Gasteiger partial charge in [-0.2, -0.15) is 0 Å². The van der Waals surface area contributed by atoms with Crippen molar-refractivity contribution in [1.82, 2.24) is 0 Å². The summed E-state index contributed by atoms with van der Waals surface area (Å²) in [7, 11) is 0. The molecule has 0 bridgehead atoms. The van der Waals surface area contributed by atoms with E-state index in [1.54, 1.807) is 0 Å². The Kier molecular flexibility index (Phi) is 4.88. The fraction of sp³-hybridized carbons (Fsp3) is 0.667. The molecule has 2 unspecified atom stereocenters. The predicted molar refractivity (Wildman–Crippen MR) is 85.8 cm³/mol. The van der Waals surface area contributed by atoms with Crippen LogP contribution in [0.15, 0.2) is 24.3 Å². The molecule has 116 valence electrons. The quantitative estimate of drug-likeness (QED) is 0.874. The summed E-state index contributed by atoms with van der Waals surface area (Å²) in [6, 6.07) is 7.84. The molecule has 1 N–H and O–H groups in total. The maximum atomic E-state index is 9.75. The number of ether oxygens (including phenoxy) is 1. The van der Waals surface area contributed by atoms with Gasteiger partial charge in [-0.15, -0.1) is 0 Å². The maximum Gasteiger partial charge on any atom is 0.0687 e. The van der Waals surface area contributed by atoms with Crippen LogP contribution in [0.25, 0.3) is 0 Å². The van der Waals surface area contributed by atoms with E-state index < -0.39 is 0 Å². The molecule has 21 heavy (non-hydrogen) atoms. The smallest absolute Gasteiger partial charge is 0.0687 e. The molecule has 1 aliphatic carbocycles. The van der Waals surface area contributed by atoms with Crippen molar-refractivity contribution in [2.24, 2.45) is 0 Å². The van der Waals surface area contributed by atoms with Crippen LogP contribution in [0, 0.1) is 0 Å². The third kappa shape index (κ3) is 3.44. The molecule has 1 saturated carbocycles. The van der Waals surface area contributed by atoms with Crippen molar-refractivity contribution in [2.75, 3.05) is 6.61 Å². The number of rotatable bonds is 4. The van der Waals surface area contributed by atoms with E-state index in [9.17, 15) is 5.11 Å². The van der Waals surface area contributed by atoms with Crippen molar-refractivity contribution in [3.05, 3.63) is 34.9 Å². The molecular weight excluding hydrogens is 284 g/mol. The van der Waals surface area contributed by atoms with Crippen LogP contribution in [0.4, 0.5) is 0 Å². The molecule has 1 aliphatic heterocycles. The molecule has 1 aromatic carbocycles. The lowest BCUT2D eigenvalue weighted by atomic mass is 9.83. The van der Waals surface area contributed by atoms with Crippen LogP contribution < -0.4 is 0 Å². The second-order valence-corrected chi connectivity index (χ2v) is 7.07. The Labute approximate surface area is 132 Å². The van der Waals surface area contributed by atoms with E-state index in [0.717, 1.165) is 23.4 Å². The van der Waals surface area contributed by atoms with E-state index in [-0.39, 0.29) is 24.2 Å². The minimum Gasteiger partial charge on any atom is -0.396 e. The van der Waals surface area contributed by atoms with Gasteiger partial charge in [-0.25, -0.2) is 0 Å². The molecule has 1 heterocycles. The second kappa shape index (κ2) is 6.68. The summed E-state index contributed by atoms with van der Waals surface area (Å²) in [6.45, 7) is 0.136. The van der Waals surface area contributed by atoms with Gasteiger partial charge in [0.15, 0.2) is 0 Å². The van der Waals surface area contributed by atoms with Gasteiger partial charge in [-0.05, 0) is 43.7 Å². The molecule has 2 nitrogen and oxygen atoms in total. The zero-order valence-electron chi connectivity index (χ0n) is 12.6. The number of hydrogen-bond donors (Lipinski definition) is 1. The Bertz CT molecular complexity index is 468. The Morgan fingerprint density at radius 1 is 1.19 bits per heavy atom. The van der Waals surface area contributed by atoms with Crippen LogP contribution in [-0.2, 0) is 4.74 Å². The molecule has 1 saturated heterocycles. The fourth-order valence-corrected chi connectivity index (χ4v) is 4.34. The van der Waals surface area contributed by atoms with Crippen LogP contribution in [0.5, 0.6) is 0 Å². The van der Waals surface area contributed by atoms with Gasteiger partial charge in [-0.1, -0.05) is 49.1 Å². The van der Waals surface area contributed by atoms with Crippen molar-refractivity contribution < 1.29 is 9.84 Å². The Hall–Kier alpha value is -0.570. The normalized spacial score (nSPS) is 26.1. The standard InChI is InChI=1S/C18H25ClO2/c19-17-7-3-2-6-16(17)14(13-20)12-15-8-11-18(21-15)9-4-1-5-10-18/h2-3,6-7,14-15,20H,1,4-5,8-13H2. The maximum absolute atomic E-state index is 9.75. The molecule has 0 radical (unpaired) electrons. The number of aliphatic hydroxyl groups is 1. The minimum atomic E-state index is 0.0856. The lowest BCUT2D eigenvalue weighted by molar-refractivity contribution is -0.0685. The van der Waals surface area contributed by atoms with Gasteiger partial charge in [-0.3, -0.25) is 0 Å². The highest BCUT2D eigenvalue weighted by Crippen LogP contribution is 2.44. The average Bonchev–Trinajstić information content (AvgIpc) is 2.89. The minimum absolute atomic E-state index is 0.0856. The topological polar surface area (TPSA) is 29.5 Å². The molecule has 3 rings (SSSR count). The predicted octanol–water partition coefficient (Wildman–Crippen LogP) is 4.69. The first-order valence-electron chi connectivity index (χ1n) is 8.25. The van der Waals surface area contributed by atoms with Crippen LogP contribution in [0.1, 0.15) is 62.8 Å². The Morgan fingerprint density at radius 2 is 1.95 bits per heavy atom. The summed E-state index contributed by atoms with van der Waals surface area (Å²) in [5.41, 5.74) is 1.21. The van der Waals surface area contributed by atoms with E-state index >= 15 is 0 Å². The largest absolute Gasteiger partial charge is 0.396 e. The van der Waals surface area contributed by atoms with Gasteiger partial charge in [0.2, 0.25) is 0 Å². The number of hydrogen-bond acceptors (Lipinski definition) is 2. The highest BCUT2D eigenvalue weighted by molar-refractivity contribution is 6.31. The summed E-state index contributed by atoms with van der Waals surface area (Å²) in [6.07, 6.45) is 9.88. The summed E-state index contributed by atoms with van der Waals surface area (Å²) in [5.74, 6) is 0.0856. The first-order valence-corrected chi connectivity index (χ1v) is 8.63. The number of benzene rings is 1. The van der Waals surface area contributed by atoms with Crippen LogP contribution >= 0.6 is 11.6 Å². The van der Waals surface area contributed by atoms with Gasteiger partial charge in [0, 0.05) is 10.9 Å². The van der Waals surface area contributed by atoms with Gasteiger partial charge >= 0.3 is 0 Å². The molecule has 1 aromatic rings. The van der Waals surface area contributed by atoms with Crippen molar-refractivity contribution >= 4 is 11.6 Å². The van der Waals surface area contributed by atoms with Gasteiger partial charge in [0.05, 0.1) is 18.3 Å². The molecule has 1 spiro atoms. The van der Waals surface area contributed by atoms with E-state index in [0.29, 0.717) is 0 Å². The lowest BCUT2D eigenvalue weighted by Crippen LogP contribution is -2.32. The SMILES string of the molecule is OCC(CC1CCC2(CCCCC2)O1)c1ccccc1Cl. The van der Waals surface area contributed by atoms with Crippen LogP contribution in [-0.4, -0.2) is 23.4 Å². The Morgan fingerprint density at radius 3 is 2.67 bits per heavy atom. The van der Waals surface area contributed by atoms with Gasteiger partial charge < -0.3 is 9.84 Å². The molecule has 2 aliphatic rings. The van der Waals surface area contributed by atoms with Gasteiger partial charge in [0.1, 0.15) is 0 Å². The zero-order valence-corrected chi connectivity index (χ0v) is 13.3. The molecule has 0 amide bonds. The van der Waals surface area contributed by atoms with Crippen molar-refractivity contribution in [3.8, 4) is 0 Å². The van der Waals surface area contributed by atoms with Crippen molar-refractivity contribution in [1.29, 1.82) is 0 Å². The van der Waals surface area contributed by atoms with Crippen molar-refractivity contribution in [3.63, 3.8) is 0 Å². The van der Waals surface area contributed by atoms with Crippen LogP contribution in [0.3, 0.4) is 0 Å². The number of aliphatic hydroxyl groups excluding tert-OH is 1. The highest BCUT2D eigenvalue weighted by Gasteiger charge is 2.41. The van der Waals surface area contributed by atoms with E-state index in [1.165, 1.54) is 38.5 Å².